The van der Waals surface area contributed by atoms with Crippen molar-refractivity contribution in [2.24, 2.45) is 17.3 Å². The second-order valence-corrected chi connectivity index (χ2v) is 18.0. The van der Waals surface area contributed by atoms with Crippen molar-refractivity contribution in [3.05, 3.63) is 70.9 Å². The number of nitrogens with one attached hydrogen (secondary N) is 1. The van der Waals surface area contributed by atoms with Crippen LogP contribution in [0.25, 0.3) is 10.9 Å². The van der Waals surface area contributed by atoms with Crippen LogP contribution in [0, 0.1) is 17.3 Å². The Hall–Kier alpha value is -4.53. The number of carbonyl (C=O) groups is 3. The van der Waals surface area contributed by atoms with Gasteiger partial charge in [0, 0.05) is 96.9 Å². The van der Waals surface area contributed by atoms with Crippen molar-refractivity contribution < 1.29 is 47.2 Å². The smallest absolute Gasteiger partial charge is 0.344 e. The summed E-state index contributed by atoms with van der Waals surface area (Å²) in [6, 6.07) is 10.3. The summed E-state index contributed by atoms with van der Waals surface area (Å²) in [5.74, 6) is -5.92. The molecule has 2 N–H and O–H groups in total. The first-order valence-electron chi connectivity index (χ1n) is 20.7. The zero-order valence-electron chi connectivity index (χ0n) is 34.8. The third-order valence-electron chi connectivity index (χ3n) is 15.3. The highest BCUT2D eigenvalue weighted by Gasteiger charge is 2.80. The number of rotatable bonds is 7. The van der Waals surface area contributed by atoms with Gasteiger partial charge in [-0.25, -0.2) is 13.6 Å². The van der Waals surface area contributed by atoms with Crippen LogP contribution in [0.4, 0.5) is 14.5 Å². The van der Waals surface area contributed by atoms with Gasteiger partial charge in [0.2, 0.25) is 11.5 Å². The fraction of sp³-hybridized carbons (Fsp3) is 0.578. The molecule has 3 aromatic rings. The minimum Gasteiger partial charge on any atom is -0.496 e. The highest BCUT2D eigenvalue weighted by Crippen LogP contribution is 2.68. The van der Waals surface area contributed by atoms with E-state index in [0.717, 1.165) is 29.0 Å². The number of fused-ring (bicyclic) bond motifs is 6. The van der Waals surface area contributed by atoms with Gasteiger partial charge in [0.05, 0.1) is 27.4 Å². The molecule has 2 bridgehead atoms. The molecular weight excluding hydrogens is 763 g/mol. The number of methoxy groups -OCH3 is 3. The van der Waals surface area contributed by atoms with Crippen LogP contribution >= 0.6 is 0 Å². The Morgan fingerprint density at radius 1 is 1.03 bits per heavy atom. The number of ether oxygens (including phenoxy) is 4. The Balaban J connectivity index is 1.35. The van der Waals surface area contributed by atoms with E-state index in [0.29, 0.717) is 61.7 Å². The van der Waals surface area contributed by atoms with Crippen molar-refractivity contribution in [1.82, 2.24) is 14.8 Å². The van der Waals surface area contributed by atoms with E-state index in [9.17, 15) is 14.7 Å². The topological polar surface area (TPSA) is 134 Å². The second kappa shape index (κ2) is 13.5. The molecule has 10 atom stereocenters. The molecule has 1 saturated carbocycles. The Morgan fingerprint density at radius 2 is 1.78 bits per heavy atom. The maximum Gasteiger partial charge on any atom is 0.344 e. The standard InChI is InChI=1S/C45H54F2N4O8/c1-8-42-14-11-16-51-17-15-43(36(42)51)30-19-31(34(56-5)20-33(30)49(4)37(43)45(55,40(54)58-7)38(42)59-25(2)52)44(39(53)57-6)21-26-18-27(41(3,46)47)23-50(22-26)24-29-28-12-9-10-13-32(28)48-35(29)44/h9-14,19-20,26-27,36-38,48,55H,8,15-18,21-24H2,1-7H3. The molecule has 316 valence electrons. The summed E-state index contributed by atoms with van der Waals surface area (Å²) in [6.07, 6.45) is 4.04. The summed E-state index contributed by atoms with van der Waals surface area (Å²) in [4.78, 5) is 52.5. The monoisotopic (exact) mass is 816 g/mol. The number of aromatic nitrogens is 1. The number of nitrogens with zero attached hydrogens (tertiary/aromatic N) is 3. The molecule has 3 fully saturated rings. The van der Waals surface area contributed by atoms with Gasteiger partial charge in [0.1, 0.15) is 11.2 Å². The Kier molecular flexibility index (Phi) is 9.12. The van der Waals surface area contributed by atoms with Gasteiger partial charge in [0.25, 0.3) is 0 Å². The van der Waals surface area contributed by atoms with Crippen molar-refractivity contribution in [2.45, 2.75) is 93.5 Å². The average Bonchev–Trinajstić information content (AvgIpc) is 3.86. The van der Waals surface area contributed by atoms with E-state index in [1.165, 1.54) is 28.3 Å². The zero-order chi connectivity index (χ0) is 42.0. The van der Waals surface area contributed by atoms with Crippen molar-refractivity contribution in [3.63, 3.8) is 0 Å². The average molecular weight is 817 g/mol. The Bertz CT molecular complexity index is 2270. The van der Waals surface area contributed by atoms with E-state index in [1.54, 1.807) is 0 Å². The fourth-order valence-corrected chi connectivity index (χ4v) is 13.2. The first kappa shape index (κ1) is 39.9. The fourth-order valence-electron chi connectivity index (χ4n) is 13.2. The summed E-state index contributed by atoms with van der Waals surface area (Å²) in [7, 11) is 5.94. The van der Waals surface area contributed by atoms with Gasteiger partial charge in [-0.15, -0.1) is 0 Å². The van der Waals surface area contributed by atoms with Gasteiger partial charge < -0.3 is 33.9 Å². The molecule has 1 spiro atoms. The van der Waals surface area contributed by atoms with Gasteiger partial charge in [-0.05, 0) is 68.3 Å². The van der Waals surface area contributed by atoms with E-state index in [4.69, 9.17) is 18.9 Å². The molecule has 59 heavy (non-hydrogen) atoms. The first-order valence-corrected chi connectivity index (χ1v) is 20.7. The molecule has 1 aromatic heterocycles. The van der Waals surface area contributed by atoms with Crippen molar-refractivity contribution in [1.29, 1.82) is 0 Å². The number of aliphatic hydroxyl groups is 1. The minimum atomic E-state index is -2.94. The first-order chi connectivity index (χ1) is 28.1. The molecule has 6 heterocycles. The maximum atomic E-state index is 15.3. The number of likely N-dealkylation sites (N-methyl/N-ethyl adjacent to an activating group) is 1. The number of halogens is 2. The number of hydrogen-bond acceptors (Lipinski definition) is 11. The van der Waals surface area contributed by atoms with E-state index in [1.807, 2.05) is 67.4 Å². The minimum absolute atomic E-state index is 0.155. The Morgan fingerprint density at radius 3 is 2.46 bits per heavy atom. The molecule has 12 nitrogen and oxygen atoms in total. The van der Waals surface area contributed by atoms with E-state index < -0.39 is 63.7 Å². The number of anilines is 1. The number of hydrogen-bond donors (Lipinski definition) is 2. The molecule has 9 rings (SSSR count). The number of para-hydroxylation sites is 1. The van der Waals surface area contributed by atoms with Crippen LogP contribution in [0.15, 0.2) is 48.6 Å². The third kappa shape index (κ3) is 5.17. The van der Waals surface area contributed by atoms with Crippen LogP contribution in [0.1, 0.15) is 68.8 Å². The van der Waals surface area contributed by atoms with Crippen LogP contribution in [-0.4, -0.2) is 122 Å². The van der Waals surface area contributed by atoms with E-state index >= 15 is 13.6 Å². The van der Waals surface area contributed by atoms with Gasteiger partial charge >= 0.3 is 17.9 Å². The lowest BCUT2D eigenvalue weighted by Crippen LogP contribution is -2.81. The number of piperidine rings is 1. The zero-order valence-corrected chi connectivity index (χ0v) is 34.8. The van der Waals surface area contributed by atoms with Crippen LogP contribution in [-0.2, 0) is 46.0 Å². The largest absolute Gasteiger partial charge is 0.496 e. The number of alkyl halides is 2. The highest BCUT2D eigenvalue weighted by atomic mass is 19.3. The van der Waals surface area contributed by atoms with Gasteiger partial charge in [0.15, 0.2) is 6.10 Å². The molecular formula is C45H54F2N4O8. The molecule has 0 radical (unpaired) electrons. The summed E-state index contributed by atoms with van der Waals surface area (Å²) < 4.78 is 54.3. The predicted octanol–water partition coefficient (Wildman–Crippen LogP) is 5.08. The maximum absolute atomic E-state index is 15.3. The lowest BCUT2D eigenvalue weighted by molar-refractivity contribution is -0.228. The molecule has 2 saturated heterocycles. The molecule has 0 amide bonds. The normalized spacial score (nSPS) is 35.8. The van der Waals surface area contributed by atoms with Crippen LogP contribution < -0.4 is 9.64 Å². The summed E-state index contributed by atoms with van der Waals surface area (Å²) in [5.41, 5.74) is -1.64. The van der Waals surface area contributed by atoms with Crippen molar-refractivity contribution in [2.75, 3.05) is 59.5 Å². The number of aromatic amines is 1. The number of benzene rings is 2. The van der Waals surface area contributed by atoms with Gasteiger partial charge in [-0.3, -0.25) is 19.4 Å². The molecule has 6 aliphatic rings. The van der Waals surface area contributed by atoms with E-state index in [-0.39, 0.29) is 31.3 Å². The van der Waals surface area contributed by atoms with E-state index in [2.05, 4.69) is 14.8 Å². The SMILES string of the molecule is CCC12C=CCN3CCC4(c5cc(C6(C(=O)OC)CC7CC(C(C)(F)F)CN(Cc8c6[nH]c6ccccc86)C7)c(OC)cc5N(C)C4C(O)(C(=O)OC)C1OC(C)=O)C32. The number of H-pyrrole nitrogens is 1. The lowest BCUT2D eigenvalue weighted by atomic mass is 9.47. The second-order valence-electron chi connectivity index (χ2n) is 18.0. The predicted molar refractivity (Wildman–Crippen MR) is 214 cm³/mol. The summed E-state index contributed by atoms with van der Waals surface area (Å²) >= 11 is 0. The Labute approximate surface area is 342 Å². The molecule has 14 heteroatoms. The molecule has 5 aliphatic heterocycles. The number of esters is 3. The van der Waals surface area contributed by atoms with Crippen LogP contribution in [0.5, 0.6) is 5.75 Å². The molecule has 10 unspecified atom stereocenters. The van der Waals surface area contributed by atoms with Gasteiger partial charge in [-0.2, -0.15) is 0 Å². The van der Waals surface area contributed by atoms with Gasteiger partial charge in [-0.1, -0.05) is 37.3 Å². The molecule has 1 aliphatic carbocycles. The molecule has 2 aromatic carbocycles. The van der Waals surface area contributed by atoms with Crippen LogP contribution in [0.3, 0.4) is 0 Å². The number of carbonyl (C=O) groups excluding carboxylic acids is 3. The van der Waals surface area contributed by atoms with Crippen LogP contribution in [0.2, 0.25) is 0 Å². The summed E-state index contributed by atoms with van der Waals surface area (Å²) in [6.45, 7) is 6.55. The highest BCUT2D eigenvalue weighted by molar-refractivity contribution is 5.95. The lowest BCUT2D eigenvalue weighted by Gasteiger charge is -2.63. The van der Waals surface area contributed by atoms with Crippen molar-refractivity contribution >= 4 is 34.5 Å². The quantitative estimate of drug-likeness (QED) is 0.188. The third-order valence-corrected chi connectivity index (χ3v) is 15.3. The van der Waals surface area contributed by atoms with Crippen molar-refractivity contribution in [3.8, 4) is 5.75 Å². The summed E-state index contributed by atoms with van der Waals surface area (Å²) in [5, 5.41) is 14.2.